The summed E-state index contributed by atoms with van der Waals surface area (Å²) in [5.74, 6) is -0.409. The van der Waals surface area contributed by atoms with E-state index in [-0.39, 0.29) is 29.6 Å². The Morgan fingerprint density at radius 1 is 1.16 bits per heavy atom. The van der Waals surface area contributed by atoms with Gasteiger partial charge in [-0.3, -0.25) is 14.5 Å². The van der Waals surface area contributed by atoms with Gasteiger partial charge in [-0.1, -0.05) is 35.9 Å². The highest BCUT2D eigenvalue weighted by molar-refractivity contribution is 6.31. The van der Waals surface area contributed by atoms with Crippen LogP contribution in [-0.2, 0) is 16.0 Å². The summed E-state index contributed by atoms with van der Waals surface area (Å²) < 4.78 is 13.7. The SMILES string of the molecule is Cc1c(Cl)cccc1NC(=O)C(C)N1CCC(C(=O)NCCc2ccccc2F)CC1. The van der Waals surface area contributed by atoms with Gasteiger partial charge in [0.2, 0.25) is 11.8 Å². The van der Waals surface area contributed by atoms with Crippen molar-refractivity contribution in [3.05, 3.63) is 64.4 Å². The fraction of sp³-hybridized carbons (Fsp3) is 0.417. The third kappa shape index (κ3) is 6.05. The number of likely N-dealkylation sites (tertiary alicyclic amines) is 1. The molecule has 2 amide bonds. The molecule has 0 bridgehead atoms. The molecule has 1 fully saturated rings. The third-order valence-corrected chi connectivity index (χ3v) is 6.41. The van der Waals surface area contributed by atoms with Crippen LogP contribution in [0.2, 0.25) is 5.02 Å². The number of carbonyl (C=O) groups excluding carboxylic acids is 2. The lowest BCUT2D eigenvalue weighted by atomic mass is 9.94. The maximum Gasteiger partial charge on any atom is 0.241 e. The first-order valence-corrected chi connectivity index (χ1v) is 11.1. The van der Waals surface area contributed by atoms with Crippen LogP contribution in [0.1, 0.15) is 30.9 Å². The summed E-state index contributed by atoms with van der Waals surface area (Å²) in [5.41, 5.74) is 2.16. The first-order chi connectivity index (χ1) is 14.9. The van der Waals surface area contributed by atoms with E-state index in [4.69, 9.17) is 11.6 Å². The van der Waals surface area contributed by atoms with E-state index in [1.165, 1.54) is 6.07 Å². The Bertz CT molecular complexity index is 929. The second-order valence-corrected chi connectivity index (χ2v) is 8.43. The summed E-state index contributed by atoms with van der Waals surface area (Å²) in [6.45, 7) is 5.52. The van der Waals surface area contributed by atoms with Crippen LogP contribution in [-0.4, -0.2) is 42.4 Å². The zero-order valence-electron chi connectivity index (χ0n) is 18.0. The topological polar surface area (TPSA) is 61.4 Å². The normalized spacial score (nSPS) is 16.0. The Morgan fingerprint density at radius 3 is 2.58 bits per heavy atom. The number of amides is 2. The molecule has 1 aliphatic rings. The van der Waals surface area contributed by atoms with Crippen LogP contribution >= 0.6 is 11.6 Å². The molecule has 2 aromatic rings. The summed E-state index contributed by atoms with van der Waals surface area (Å²) >= 11 is 6.13. The molecule has 1 unspecified atom stereocenters. The van der Waals surface area contributed by atoms with Crippen molar-refractivity contribution in [3.63, 3.8) is 0 Å². The smallest absolute Gasteiger partial charge is 0.241 e. The number of anilines is 1. The van der Waals surface area contributed by atoms with Gasteiger partial charge in [-0.05, 0) is 75.5 Å². The molecule has 1 heterocycles. The van der Waals surface area contributed by atoms with Crippen molar-refractivity contribution in [2.75, 3.05) is 25.0 Å². The van der Waals surface area contributed by atoms with Crippen LogP contribution in [0.5, 0.6) is 0 Å². The van der Waals surface area contributed by atoms with Gasteiger partial charge in [0.15, 0.2) is 0 Å². The van der Waals surface area contributed by atoms with Gasteiger partial charge in [0.25, 0.3) is 0 Å². The number of carbonyl (C=O) groups is 2. The van der Waals surface area contributed by atoms with Crippen molar-refractivity contribution in [3.8, 4) is 0 Å². The molecule has 5 nitrogen and oxygen atoms in total. The Hall–Kier alpha value is -2.44. The molecule has 31 heavy (non-hydrogen) atoms. The molecular weight excluding hydrogens is 417 g/mol. The van der Waals surface area contributed by atoms with E-state index in [0.29, 0.717) is 55.2 Å². The van der Waals surface area contributed by atoms with Crippen LogP contribution in [0.15, 0.2) is 42.5 Å². The van der Waals surface area contributed by atoms with Crippen molar-refractivity contribution in [1.29, 1.82) is 0 Å². The predicted octanol–water partition coefficient (Wildman–Crippen LogP) is 4.19. The lowest BCUT2D eigenvalue weighted by molar-refractivity contribution is -0.127. The molecule has 3 rings (SSSR count). The Labute approximate surface area is 188 Å². The van der Waals surface area contributed by atoms with E-state index in [9.17, 15) is 14.0 Å². The number of nitrogens with zero attached hydrogens (tertiary/aromatic N) is 1. The van der Waals surface area contributed by atoms with Gasteiger partial charge in [-0.2, -0.15) is 0 Å². The van der Waals surface area contributed by atoms with E-state index in [2.05, 4.69) is 15.5 Å². The van der Waals surface area contributed by atoms with Gasteiger partial charge in [-0.25, -0.2) is 4.39 Å². The van der Waals surface area contributed by atoms with E-state index < -0.39 is 0 Å². The number of nitrogens with one attached hydrogen (secondary N) is 2. The quantitative estimate of drug-likeness (QED) is 0.671. The van der Waals surface area contributed by atoms with Crippen molar-refractivity contribution < 1.29 is 14.0 Å². The van der Waals surface area contributed by atoms with Crippen LogP contribution < -0.4 is 10.6 Å². The second kappa shape index (κ2) is 10.7. The first kappa shape index (κ1) is 23.2. The number of hydrogen-bond donors (Lipinski definition) is 2. The highest BCUT2D eigenvalue weighted by atomic mass is 35.5. The van der Waals surface area contributed by atoms with Crippen LogP contribution in [0, 0.1) is 18.7 Å². The Morgan fingerprint density at radius 2 is 1.87 bits per heavy atom. The summed E-state index contributed by atoms with van der Waals surface area (Å²) in [6, 6.07) is 11.7. The Balaban J connectivity index is 1.44. The van der Waals surface area contributed by atoms with Crippen molar-refractivity contribution in [1.82, 2.24) is 10.2 Å². The molecule has 166 valence electrons. The second-order valence-electron chi connectivity index (χ2n) is 8.02. The van der Waals surface area contributed by atoms with Crippen LogP contribution in [0.25, 0.3) is 0 Å². The molecule has 1 aliphatic heterocycles. The number of benzene rings is 2. The first-order valence-electron chi connectivity index (χ1n) is 10.7. The molecule has 2 N–H and O–H groups in total. The minimum Gasteiger partial charge on any atom is -0.356 e. The van der Waals surface area contributed by atoms with Gasteiger partial charge in [-0.15, -0.1) is 0 Å². The van der Waals surface area contributed by atoms with Gasteiger partial charge in [0.1, 0.15) is 5.82 Å². The lowest BCUT2D eigenvalue weighted by Crippen LogP contribution is -2.48. The van der Waals surface area contributed by atoms with E-state index in [1.807, 2.05) is 26.0 Å². The maximum absolute atomic E-state index is 13.7. The summed E-state index contributed by atoms with van der Waals surface area (Å²) in [7, 11) is 0. The molecule has 1 atom stereocenters. The van der Waals surface area contributed by atoms with Gasteiger partial charge in [0.05, 0.1) is 6.04 Å². The molecule has 1 saturated heterocycles. The molecule has 0 radical (unpaired) electrons. The largest absolute Gasteiger partial charge is 0.356 e. The van der Waals surface area contributed by atoms with Gasteiger partial charge >= 0.3 is 0 Å². The van der Waals surface area contributed by atoms with Crippen molar-refractivity contribution in [2.24, 2.45) is 5.92 Å². The number of piperidine rings is 1. The number of rotatable bonds is 7. The lowest BCUT2D eigenvalue weighted by Gasteiger charge is -2.34. The van der Waals surface area contributed by atoms with Crippen molar-refractivity contribution in [2.45, 2.75) is 39.2 Å². The van der Waals surface area contributed by atoms with E-state index in [0.717, 1.165) is 5.56 Å². The molecule has 7 heteroatoms. The third-order valence-electron chi connectivity index (χ3n) is 6.00. The molecule has 0 aliphatic carbocycles. The highest BCUT2D eigenvalue weighted by Crippen LogP contribution is 2.24. The highest BCUT2D eigenvalue weighted by Gasteiger charge is 2.29. The molecule has 0 aromatic heterocycles. The van der Waals surface area contributed by atoms with Crippen LogP contribution in [0.4, 0.5) is 10.1 Å². The average molecular weight is 446 g/mol. The standard InChI is InChI=1S/C24H29ClFN3O2/c1-16-20(25)7-5-9-22(16)28-23(30)17(2)29-14-11-19(12-15-29)24(31)27-13-10-18-6-3-4-8-21(18)26/h3-9,17,19H,10-15H2,1-2H3,(H,27,31)(H,28,30). The summed E-state index contributed by atoms with van der Waals surface area (Å²) in [4.78, 5) is 27.3. The fourth-order valence-corrected chi connectivity index (χ4v) is 4.04. The van der Waals surface area contributed by atoms with Crippen molar-refractivity contribution >= 4 is 29.1 Å². The van der Waals surface area contributed by atoms with E-state index in [1.54, 1.807) is 24.3 Å². The van der Waals surface area contributed by atoms with Gasteiger partial charge in [0, 0.05) is 23.2 Å². The minimum absolute atomic E-state index is 0.00245. The predicted molar refractivity (Wildman–Crippen MR) is 122 cm³/mol. The summed E-state index contributed by atoms with van der Waals surface area (Å²) in [5, 5.41) is 6.50. The molecule has 0 spiro atoms. The Kier molecular flexibility index (Phi) is 8.04. The molecule has 2 aromatic carbocycles. The maximum atomic E-state index is 13.7. The zero-order valence-corrected chi connectivity index (χ0v) is 18.7. The fourth-order valence-electron chi connectivity index (χ4n) is 3.86. The monoisotopic (exact) mass is 445 g/mol. The van der Waals surface area contributed by atoms with Gasteiger partial charge < -0.3 is 10.6 Å². The molecular formula is C24H29ClFN3O2. The zero-order chi connectivity index (χ0) is 22.4. The number of hydrogen-bond acceptors (Lipinski definition) is 3. The summed E-state index contributed by atoms with van der Waals surface area (Å²) in [6.07, 6.45) is 1.86. The minimum atomic E-state index is -0.302. The molecule has 0 saturated carbocycles. The van der Waals surface area contributed by atoms with Crippen LogP contribution in [0.3, 0.4) is 0 Å². The van der Waals surface area contributed by atoms with E-state index >= 15 is 0 Å². The average Bonchev–Trinajstić information content (AvgIpc) is 2.77. The number of halogens is 2.